The first-order chi connectivity index (χ1) is 5.74. The van der Waals surface area contributed by atoms with Gasteiger partial charge in [-0.05, 0) is 49.9 Å². The molecule has 1 nitrogen and oxygen atoms in total. The number of rotatable bonds is 2. The molecular formula is C11H15N. The summed E-state index contributed by atoms with van der Waals surface area (Å²) in [4.78, 5) is 0. The quantitative estimate of drug-likeness (QED) is 0.703. The molecule has 1 saturated carbocycles. The van der Waals surface area contributed by atoms with Crippen LogP contribution in [0.1, 0.15) is 24.0 Å². The van der Waals surface area contributed by atoms with E-state index in [2.05, 4.69) is 37.4 Å². The normalized spacial score (nSPS) is 16.2. The Labute approximate surface area is 73.8 Å². The van der Waals surface area contributed by atoms with Crippen molar-refractivity contribution in [3.05, 3.63) is 29.3 Å². The second-order valence-corrected chi connectivity index (χ2v) is 3.79. The van der Waals surface area contributed by atoms with Crippen molar-refractivity contribution in [1.29, 1.82) is 0 Å². The van der Waals surface area contributed by atoms with Crippen LogP contribution in [0, 0.1) is 13.8 Å². The molecule has 64 valence electrons. The van der Waals surface area contributed by atoms with Gasteiger partial charge in [0.05, 0.1) is 0 Å². The van der Waals surface area contributed by atoms with E-state index in [1.54, 1.807) is 0 Å². The first-order valence-corrected chi connectivity index (χ1v) is 4.59. The van der Waals surface area contributed by atoms with Crippen LogP contribution in [0.4, 0.5) is 5.69 Å². The molecule has 0 heterocycles. The lowest BCUT2D eigenvalue weighted by Crippen LogP contribution is -2.00. The van der Waals surface area contributed by atoms with Gasteiger partial charge in [-0.3, -0.25) is 0 Å². The topological polar surface area (TPSA) is 12.0 Å². The predicted molar refractivity (Wildman–Crippen MR) is 52.6 cm³/mol. The van der Waals surface area contributed by atoms with E-state index in [0.717, 1.165) is 6.04 Å². The first kappa shape index (κ1) is 7.66. The van der Waals surface area contributed by atoms with Crippen molar-refractivity contribution >= 4 is 5.69 Å². The third-order valence-electron chi connectivity index (χ3n) is 2.17. The van der Waals surface area contributed by atoms with Crippen LogP contribution in [0.2, 0.25) is 0 Å². The lowest BCUT2D eigenvalue weighted by Gasteiger charge is -2.06. The van der Waals surface area contributed by atoms with E-state index >= 15 is 0 Å². The van der Waals surface area contributed by atoms with Crippen molar-refractivity contribution in [2.24, 2.45) is 0 Å². The summed E-state index contributed by atoms with van der Waals surface area (Å²) < 4.78 is 0. The predicted octanol–water partition coefficient (Wildman–Crippen LogP) is 2.88. The maximum atomic E-state index is 3.50. The zero-order valence-electron chi connectivity index (χ0n) is 7.72. The summed E-state index contributed by atoms with van der Waals surface area (Å²) in [6, 6.07) is 7.39. The highest BCUT2D eigenvalue weighted by Gasteiger charge is 2.20. The van der Waals surface area contributed by atoms with Crippen LogP contribution in [0.5, 0.6) is 0 Å². The summed E-state index contributed by atoms with van der Waals surface area (Å²) in [5.74, 6) is 0. The molecule has 0 atom stereocenters. The second kappa shape index (κ2) is 2.81. The average molecular weight is 161 g/mol. The molecule has 0 radical (unpaired) electrons. The van der Waals surface area contributed by atoms with Crippen LogP contribution in [-0.4, -0.2) is 6.04 Å². The molecule has 0 saturated heterocycles. The van der Waals surface area contributed by atoms with E-state index in [1.807, 2.05) is 0 Å². The summed E-state index contributed by atoms with van der Waals surface area (Å²) in [7, 11) is 0. The van der Waals surface area contributed by atoms with Crippen molar-refractivity contribution in [2.75, 3.05) is 5.32 Å². The van der Waals surface area contributed by atoms with E-state index in [4.69, 9.17) is 0 Å². The molecular weight excluding hydrogens is 146 g/mol. The molecule has 12 heavy (non-hydrogen) atoms. The lowest BCUT2D eigenvalue weighted by molar-refractivity contribution is 1.15. The van der Waals surface area contributed by atoms with Gasteiger partial charge in [0.15, 0.2) is 0 Å². The number of benzene rings is 1. The fraction of sp³-hybridized carbons (Fsp3) is 0.455. The summed E-state index contributed by atoms with van der Waals surface area (Å²) in [5.41, 5.74) is 3.98. The van der Waals surface area contributed by atoms with Gasteiger partial charge in [-0.25, -0.2) is 0 Å². The van der Waals surface area contributed by atoms with Gasteiger partial charge in [-0.2, -0.15) is 0 Å². The highest BCUT2D eigenvalue weighted by Crippen LogP contribution is 2.25. The average Bonchev–Trinajstić information content (AvgIpc) is 2.68. The van der Waals surface area contributed by atoms with Crippen LogP contribution >= 0.6 is 0 Å². The number of anilines is 1. The molecule has 1 aliphatic carbocycles. The second-order valence-electron chi connectivity index (χ2n) is 3.79. The zero-order valence-corrected chi connectivity index (χ0v) is 7.72. The minimum absolute atomic E-state index is 0.756. The first-order valence-electron chi connectivity index (χ1n) is 4.59. The van der Waals surface area contributed by atoms with Gasteiger partial charge in [-0.15, -0.1) is 0 Å². The van der Waals surface area contributed by atoms with E-state index in [9.17, 15) is 0 Å². The van der Waals surface area contributed by atoms with Gasteiger partial charge >= 0.3 is 0 Å². The van der Waals surface area contributed by atoms with Gasteiger partial charge in [0.1, 0.15) is 0 Å². The maximum Gasteiger partial charge on any atom is 0.0347 e. The number of aryl methyl sites for hydroxylation is 2. The Hall–Kier alpha value is -0.980. The smallest absolute Gasteiger partial charge is 0.0347 e. The van der Waals surface area contributed by atoms with Crippen molar-refractivity contribution in [3.63, 3.8) is 0 Å². The SMILES string of the molecule is Cc1cc(C)cc(NC2CC2)c1. The Morgan fingerprint density at radius 2 is 1.67 bits per heavy atom. The third-order valence-corrected chi connectivity index (χ3v) is 2.17. The summed E-state index contributed by atoms with van der Waals surface area (Å²) in [5, 5.41) is 3.50. The molecule has 0 unspecified atom stereocenters. The largest absolute Gasteiger partial charge is 0.382 e. The van der Waals surface area contributed by atoms with Gasteiger partial charge in [-0.1, -0.05) is 6.07 Å². The van der Waals surface area contributed by atoms with Crippen molar-refractivity contribution in [3.8, 4) is 0 Å². The Morgan fingerprint density at radius 1 is 1.08 bits per heavy atom. The standard InChI is InChI=1S/C11H15N/c1-8-5-9(2)7-11(6-8)12-10-3-4-10/h5-7,10,12H,3-4H2,1-2H3. The summed E-state index contributed by atoms with van der Waals surface area (Å²) >= 11 is 0. The Balaban J connectivity index is 2.18. The molecule has 0 aromatic heterocycles. The summed E-state index contributed by atoms with van der Waals surface area (Å²) in [6.45, 7) is 4.29. The monoisotopic (exact) mass is 161 g/mol. The van der Waals surface area contributed by atoms with Crippen LogP contribution in [0.3, 0.4) is 0 Å². The van der Waals surface area contributed by atoms with E-state index < -0.39 is 0 Å². The van der Waals surface area contributed by atoms with Gasteiger partial charge in [0, 0.05) is 11.7 Å². The molecule has 0 amide bonds. The highest BCUT2D eigenvalue weighted by atomic mass is 14.9. The number of hydrogen-bond donors (Lipinski definition) is 1. The lowest BCUT2D eigenvalue weighted by atomic mass is 10.1. The van der Waals surface area contributed by atoms with E-state index in [-0.39, 0.29) is 0 Å². The van der Waals surface area contributed by atoms with Gasteiger partial charge in [0.2, 0.25) is 0 Å². The number of nitrogens with one attached hydrogen (secondary N) is 1. The minimum atomic E-state index is 0.756. The Bertz CT molecular complexity index is 267. The molecule has 1 fully saturated rings. The fourth-order valence-electron chi connectivity index (χ4n) is 1.52. The zero-order chi connectivity index (χ0) is 8.55. The molecule has 1 N–H and O–H groups in total. The van der Waals surface area contributed by atoms with Gasteiger partial charge in [0.25, 0.3) is 0 Å². The third kappa shape index (κ3) is 1.79. The summed E-state index contributed by atoms with van der Waals surface area (Å²) in [6.07, 6.45) is 2.68. The highest BCUT2D eigenvalue weighted by molar-refractivity contribution is 5.49. The molecule has 1 aromatic rings. The van der Waals surface area contributed by atoms with Gasteiger partial charge < -0.3 is 5.32 Å². The Morgan fingerprint density at radius 3 is 2.17 bits per heavy atom. The molecule has 1 aromatic carbocycles. The van der Waals surface area contributed by atoms with Crippen LogP contribution in [0.25, 0.3) is 0 Å². The van der Waals surface area contributed by atoms with Crippen molar-refractivity contribution < 1.29 is 0 Å². The van der Waals surface area contributed by atoms with Crippen LogP contribution in [-0.2, 0) is 0 Å². The molecule has 1 aliphatic rings. The number of hydrogen-bond acceptors (Lipinski definition) is 1. The fourth-order valence-corrected chi connectivity index (χ4v) is 1.52. The van der Waals surface area contributed by atoms with Crippen LogP contribution < -0.4 is 5.32 Å². The molecule has 0 bridgehead atoms. The van der Waals surface area contributed by atoms with Crippen LogP contribution in [0.15, 0.2) is 18.2 Å². The van der Waals surface area contributed by atoms with E-state index in [0.29, 0.717) is 0 Å². The molecule has 0 aliphatic heterocycles. The Kier molecular flexibility index (Phi) is 1.80. The maximum absolute atomic E-state index is 3.50. The molecule has 0 spiro atoms. The molecule has 1 heteroatoms. The molecule has 2 rings (SSSR count). The minimum Gasteiger partial charge on any atom is -0.382 e. The van der Waals surface area contributed by atoms with Crippen molar-refractivity contribution in [1.82, 2.24) is 0 Å². The van der Waals surface area contributed by atoms with E-state index in [1.165, 1.54) is 29.7 Å². The van der Waals surface area contributed by atoms with Crippen molar-refractivity contribution in [2.45, 2.75) is 32.7 Å².